The highest BCUT2D eigenvalue weighted by Crippen LogP contribution is 2.07. The standard InChI is InChI=1S/C15H29N3O5/c1-10(16)12(19)18-11(13(20)22-5)8-6-7-9-17-14(21)23-15(2,3)4/h10-11H,6-9,16H2,1-5H3,(H,17,21)(H,18,19)/t10-,11-/m0/s1. The van der Waals surface area contributed by atoms with Crippen molar-refractivity contribution in [3.8, 4) is 0 Å². The molecule has 23 heavy (non-hydrogen) atoms. The first-order valence-electron chi connectivity index (χ1n) is 7.67. The van der Waals surface area contributed by atoms with Crippen LogP contribution in [0.25, 0.3) is 0 Å². The van der Waals surface area contributed by atoms with Crippen LogP contribution in [0.3, 0.4) is 0 Å². The molecule has 0 aromatic rings. The van der Waals surface area contributed by atoms with Crippen LogP contribution < -0.4 is 16.4 Å². The Labute approximate surface area is 137 Å². The van der Waals surface area contributed by atoms with Crippen molar-refractivity contribution >= 4 is 18.0 Å². The molecule has 0 aromatic heterocycles. The highest BCUT2D eigenvalue weighted by molar-refractivity contribution is 5.87. The van der Waals surface area contributed by atoms with Crippen LogP contribution in [-0.2, 0) is 19.1 Å². The molecule has 0 aliphatic carbocycles. The third-order valence-corrected chi connectivity index (χ3v) is 2.80. The Hall–Kier alpha value is -1.83. The summed E-state index contributed by atoms with van der Waals surface area (Å²) in [6, 6.07) is -1.43. The molecule has 4 N–H and O–H groups in total. The van der Waals surface area contributed by atoms with Crippen molar-refractivity contribution in [3.05, 3.63) is 0 Å². The van der Waals surface area contributed by atoms with Gasteiger partial charge in [-0.2, -0.15) is 0 Å². The topological polar surface area (TPSA) is 120 Å². The average Bonchev–Trinajstić information content (AvgIpc) is 2.42. The second-order valence-electron chi connectivity index (χ2n) is 6.30. The summed E-state index contributed by atoms with van der Waals surface area (Å²) in [4.78, 5) is 34.7. The summed E-state index contributed by atoms with van der Waals surface area (Å²) in [6.07, 6.45) is 1.18. The number of carbonyl (C=O) groups is 3. The van der Waals surface area contributed by atoms with Crippen LogP contribution in [-0.4, -0.2) is 49.3 Å². The van der Waals surface area contributed by atoms with Crippen molar-refractivity contribution in [1.29, 1.82) is 0 Å². The van der Waals surface area contributed by atoms with Gasteiger partial charge in [-0.3, -0.25) is 4.79 Å². The van der Waals surface area contributed by atoms with Crippen LogP contribution in [0.1, 0.15) is 47.0 Å². The molecular formula is C15H29N3O5. The minimum atomic E-state index is -0.736. The largest absolute Gasteiger partial charge is 0.467 e. The Kier molecular flexibility index (Phi) is 9.24. The van der Waals surface area contributed by atoms with Crippen LogP contribution in [0, 0.1) is 0 Å². The SMILES string of the molecule is COC(=O)[C@H](CCCCNC(=O)OC(C)(C)C)NC(=O)[C@H](C)N. The van der Waals surface area contributed by atoms with E-state index in [0.717, 1.165) is 0 Å². The molecule has 134 valence electrons. The van der Waals surface area contributed by atoms with Gasteiger partial charge in [0.05, 0.1) is 13.2 Å². The minimum absolute atomic E-state index is 0.404. The van der Waals surface area contributed by atoms with E-state index in [1.807, 2.05) is 0 Å². The predicted octanol–water partition coefficient (Wildman–Crippen LogP) is 0.686. The van der Waals surface area contributed by atoms with Crippen LogP contribution in [0.4, 0.5) is 4.79 Å². The fourth-order valence-corrected chi connectivity index (χ4v) is 1.67. The van der Waals surface area contributed by atoms with Crippen molar-refractivity contribution in [3.63, 3.8) is 0 Å². The highest BCUT2D eigenvalue weighted by atomic mass is 16.6. The maximum Gasteiger partial charge on any atom is 0.407 e. The van der Waals surface area contributed by atoms with Crippen LogP contribution in [0.15, 0.2) is 0 Å². The smallest absolute Gasteiger partial charge is 0.407 e. The lowest BCUT2D eigenvalue weighted by molar-refractivity contribution is -0.145. The van der Waals surface area contributed by atoms with Crippen LogP contribution in [0.2, 0.25) is 0 Å². The fraction of sp³-hybridized carbons (Fsp3) is 0.800. The first-order valence-corrected chi connectivity index (χ1v) is 7.67. The molecule has 0 aliphatic heterocycles. The zero-order valence-corrected chi connectivity index (χ0v) is 14.6. The van der Waals surface area contributed by atoms with E-state index in [4.69, 9.17) is 10.5 Å². The number of nitrogens with two attached hydrogens (primary N) is 1. The summed E-state index contributed by atoms with van der Waals surface area (Å²) in [5.74, 6) is -0.925. The van der Waals surface area contributed by atoms with Crippen LogP contribution >= 0.6 is 0 Å². The summed E-state index contributed by atoms with van der Waals surface area (Å²) in [6.45, 7) is 7.32. The van der Waals surface area contributed by atoms with Gasteiger partial charge in [0.25, 0.3) is 0 Å². The third-order valence-electron chi connectivity index (χ3n) is 2.80. The quantitative estimate of drug-likeness (QED) is 0.444. The minimum Gasteiger partial charge on any atom is -0.467 e. The maximum atomic E-state index is 11.6. The highest BCUT2D eigenvalue weighted by Gasteiger charge is 2.22. The lowest BCUT2D eigenvalue weighted by Gasteiger charge is -2.20. The lowest BCUT2D eigenvalue weighted by atomic mass is 10.1. The van der Waals surface area contributed by atoms with Gasteiger partial charge in [-0.1, -0.05) is 0 Å². The number of amides is 2. The number of hydrogen-bond acceptors (Lipinski definition) is 6. The lowest BCUT2D eigenvalue weighted by Crippen LogP contribution is -2.47. The van der Waals surface area contributed by atoms with Crippen molar-refractivity contribution in [1.82, 2.24) is 10.6 Å². The molecule has 0 aromatic carbocycles. The van der Waals surface area contributed by atoms with E-state index in [1.165, 1.54) is 14.0 Å². The molecule has 0 fully saturated rings. The molecule has 0 unspecified atom stereocenters. The summed E-state index contributed by atoms with van der Waals surface area (Å²) >= 11 is 0. The molecule has 0 radical (unpaired) electrons. The Morgan fingerprint density at radius 2 is 1.78 bits per heavy atom. The number of alkyl carbamates (subject to hydrolysis) is 1. The molecule has 0 heterocycles. The molecule has 0 rings (SSSR count). The Bertz CT molecular complexity index is 404. The number of esters is 1. The maximum absolute atomic E-state index is 11.6. The predicted molar refractivity (Wildman–Crippen MR) is 85.7 cm³/mol. The van der Waals surface area contributed by atoms with Crippen molar-refractivity contribution in [2.75, 3.05) is 13.7 Å². The summed E-state index contributed by atoms with van der Waals surface area (Å²) in [7, 11) is 1.26. The first-order chi connectivity index (χ1) is 10.6. The normalized spacial score (nSPS) is 13.7. The second kappa shape index (κ2) is 10.0. The van der Waals surface area contributed by atoms with Gasteiger partial charge in [0.15, 0.2) is 0 Å². The van der Waals surface area contributed by atoms with Crippen molar-refractivity contribution in [2.24, 2.45) is 5.73 Å². The van der Waals surface area contributed by atoms with Gasteiger partial charge in [-0.15, -0.1) is 0 Å². The molecule has 2 atom stereocenters. The molecule has 8 heteroatoms. The molecule has 0 bridgehead atoms. The summed E-state index contributed by atoms with van der Waals surface area (Å²) < 4.78 is 9.76. The van der Waals surface area contributed by atoms with E-state index in [2.05, 4.69) is 15.4 Å². The molecule has 2 amide bonds. The molecule has 0 spiro atoms. The Morgan fingerprint density at radius 3 is 2.26 bits per heavy atom. The van der Waals surface area contributed by atoms with Gasteiger partial charge in [0, 0.05) is 6.54 Å². The van der Waals surface area contributed by atoms with E-state index in [0.29, 0.717) is 25.8 Å². The fourth-order valence-electron chi connectivity index (χ4n) is 1.67. The number of carbonyl (C=O) groups excluding carboxylic acids is 3. The van der Waals surface area contributed by atoms with E-state index in [-0.39, 0.29) is 0 Å². The number of ether oxygens (including phenoxy) is 2. The van der Waals surface area contributed by atoms with Crippen molar-refractivity contribution in [2.45, 2.75) is 64.6 Å². The third kappa shape index (κ3) is 10.5. The van der Waals surface area contributed by atoms with Gasteiger partial charge in [0.1, 0.15) is 11.6 Å². The van der Waals surface area contributed by atoms with E-state index >= 15 is 0 Å². The van der Waals surface area contributed by atoms with E-state index in [9.17, 15) is 14.4 Å². The Balaban J connectivity index is 4.11. The van der Waals surface area contributed by atoms with Crippen molar-refractivity contribution < 1.29 is 23.9 Å². The molecule has 0 saturated heterocycles. The van der Waals surface area contributed by atoms with Gasteiger partial charge in [-0.25, -0.2) is 9.59 Å². The Morgan fingerprint density at radius 1 is 1.17 bits per heavy atom. The van der Waals surface area contributed by atoms with Crippen LogP contribution in [0.5, 0.6) is 0 Å². The van der Waals surface area contributed by atoms with Gasteiger partial charge in [0.2, 0.25) is 5.91 Å². The zero-order chi connectivity index (χ0) is 18.0. The second-order valence-corrected chi connectivity index (χ2v) is 6.30. The van der Waals surface area contributed by atoms with Gasteiger partial charge in [-0.05, 0) is 47.0 Å². The molecule has 8 nitrogen and oxygen atoms in total. The number of hydrogen-bond donors (Lipinski definition) is 3. The number of methoxy groups -OCH3 is 1. The molecule has 0 saturated carbocycles. The number of nitrogens with one attached hydrogen (secondary N) is 2. The zero-order valence-electron chi connectivity index (χ0n) is 14.6. The van der Waals surface area contributed by atoms with E-state index in [1.54, 1.807) is 20.8 Å². The molecular weight excluding hydrogens is 302 g/mol. The first kappa shape index (κ1) is 21.2. The number of unbranched alkanes of at least 4 members (excludes halogenated alkanes) is 1. The van der Waals surface area contributed by atoms with Gasteiger partial charge >= 0.3 is 12.1 Å². The molecule has 0 aliphatic rings. The summed E-state index contributed by atoms with van der Waals surface area (Å²) in [5, 5.41) is 5.18. The monoisotopic (exact) mass is 331 g/mol. The average molecular weight is 331 g/mol. The number of rotatable bonds is 8. The van der Waals surface area contributed by atoms with E-state index < -0.39 is 35.7 Å². The summed E-state index contributed by atoms with van der Waals surface area (Å²) in [5.41, 5.74) is 4.92. The van der Waals surface area contributed by atoms with Gasteiger partial charge < -0.3 is 25.8 Å².